The summed E-state index contributed by atoms with van der Waals surface area (Å²) in [7, 11) is 0. The summed E-state index contributed by atoms with van der Waals surface area (Å²) in [5, 5.41) is 17.4. The molecule has 1 aromatic carbocycles. The van der Waals surface area contributed by atoms with E-state index in [9.17, 15) is 71.1 Å². The number of ether oxygens (including phenoxy) is 1. The first kappa shape index (κ1) is 27.8. The summed E-state index contributed by atoms with van der Waals surface area (Å²) in [5.74, 6) is -44.8. The molecule has 0 aromatic heterocycles. The number of rotatable bonds is 7. The largest absolute Gasteiger partial charge is 0.477 e. The van der Waals surface area contributed by atoms with Crippen molar-refractivity contribution in [2.45, 2.75) is 23.9 Å². The summed E-state index contributed by atoms with van der Waals surface area (Å²) in [4.78, 5) is 21.8. The fraction of sp³-hybridized carbons (Fsp3) is 0.286. The fourth-order valence-corrected chi connectivity index (χ4v) is 1.90. The van der Waals surface area contributed by atoms with Gasteiger partial charge in [-0.3, -0.25) is 0 Å². The van der Waals surface area contributed by atoms with E-state index in [4.69, 9.17) is 10.2 Å². The SMILES string of the molecule is O=C(O)c1c(F)c(F)c(F)c(C(=O)O)c1OC(F)=C(F)C(F)(F)C(F)(F)C(F)(F)C(F)(F)F. The molecular weight excluding hydrogens is 514 g/mol. The quantitative estimate of drug-likeness (QED) is 0.286. The third-order valence-electron chi connectivity index (χ3n) is 3.49. The summed E-state index contributed by atoms with van der Waals surface area (Å²) in [6.45, 7) is 0. The van der Waals surface area contributed by atoms with E-state index in [-0.39, 0.29) is 0 Å². The van der Waals surface area contributed by atoms with Crippen molar-refractivity contribution in [2.24, 2.45) is 0 Å². The number of allylic oxidation sites excluding steroid dienone is 1. The lowest BCUT2D eigenvalue weighted by atomic mass is 10.0. The Hall–Kier alpha value is -3.28. The molecule has 0 radical (unpaired) electrons. The second kappa shape index (κ2) is 8.25. The Bertz CT molecular complexity index is 985. The molecule has 0 fully saturated rings. The minimum atomic E-state index is -7.80. The van der Waals surface area contributed by atoms with Crippen molar-refractivity contribution in [2.75, 3.05) is 0 Å². The van der Waals surface area contributed by atoms with E-state index in [1.54, 1.807) is 0 Å². The van der Waals surface area contributed by atoms with Crippen LogP contribution in [0.5, 0.6) is 5.75 Å². The van der Waals surface area contributed by atoms with Crippen molar-refractivity contribution in [1.29, 1.82) is 0 Å². The van der Waals surface area contributed by atoms with Crippen LogP contribution in [0.15, 0.2) is 11.8 Å². The summed E-state index contributed by atoms with van der Waals surface area (Å²) in [5.41, 5.74) is -5.10. The predicted octanol–water partition coefficient (Wildman–Crippen LogP) is 5.46. The maximum Gasteiger partial charge on any atom is 0.460 e. The topological polar surface area (TPSA) is 83.8 Å². The number of halogens is 14. The Balaban J connectivity index is 3.84. The summed E-state index contributed by atoms with van der Waals surface area (Å²) in [6, 6.07) is -4.03. The highest BCUT2D eigenvalue weighted by Crippen LogP contribution is 2.56. The number of carbonyl (C=O) groups is 2. The average Bonchev–Trinajstić information content (AvgIpc) is 2.63. The van der Waals surface area contributed by atoms with Gasteiger partial charge >= 0.3 is 41.9 Å². The molecule has 2 N–H and O–H groups in total. The van der Waals surface area contributed by atoms with Crippen molar-refractivity contribution in [3.05, 3.63) is 40.4 Å². The maximum atomic E-state index is 13.7. The lowest BCUT2D eigenvalue weighted by molar-refractivity contribution is -0.392. The van der Waals surface area contributed by atoms with E-state index in [2.05, 4.69) is 4.74 Å². The van der Waals surface area contributed by atoms with Crippen LogP contribution in [0, 0.1) is 17.5 Å². The minimum Gasteiger partial charge on any atom is -0.477 e. The number of aromatic carboxylic acids is 2. The molecule has 1 aromatic rings. The zero-order valence-corrected chi connectivity index (χ0v) is 14.4. The molecule has 0 amide bonds. The predicted molar refractivity (Wildman–Crippen MR) is 71.0 cm³/mol. The van der Waals surface area contributed by atoms with Gasteiger partial charge in [-0.25, -0.2) is 22.8 Å². The number of alkyl halides is 9. The summed E-state index contributed by atoms with van der Waals surface area (Å²) < 4.78 is 185. The molecule has 0 heterocycles. The molecule has 0 aliphatic rings. The first-order valence-electron chi connectivity index (χ1n) is 7.16. The number of carboxylic acid groups (broad SMARTS) is 2. The van der Waals surface area contributed by atoms with Gasteiger partial charge in [0, 0.05) is 0 Å². The lowest BCUT2D eigenvalue weighted by Gasteiger charge is -2.32. The van der Waals surface area contributed by atoms with Crippen LogP contribution in [-0.4, -0.2) is 46.1 Å². The van der Waals surface area contributed by atoms with Crippen molar-refractivity contribution >= 4 is 11.9 Å². The van der Waals surface area contributed by atoms with E-state index in [0.717, 1.165) is 0 Å². The van der Waals surface area contributed by atoms with E-state index >= 15 is 0 Å². The Morgan fingerprint density at radius 3 is 1.33 bits per heavy atom. The molecule has 0 aliphatic carbocycles. The van der Waals surface area contributed by atoms with Gasteiger partial charge in [0.05, 0.1) is 0 Å². The van der Waals surface area contributed by atoms with Crippen LogP contribution in [-0.2, 0) is 0 Å². The van der Waals surface area contributed by atoms with Gasteiger partial charge in [-0.2, -0.15) is 48.3 Å². The van der Waals surface area contributed by atoms with Crippen molar-refractivity contribution in [3.63, 3.8) is 0 Å². The first-order chi connectivity index (χ1) is 14.6. The molecule has 0 saturated carbocycles. The molecule has 5 nitrogen and oxygen atoms in total. The smallest absolute Gasteiger partial charge is 0.460 e. The van der Waals surface area contributed by atoms with Crippen LogP contribution in [0.3, 0.4) is 0 Å². The van der Waals surface area contributed by atoms with Crippen LogP contribution in [0.1, 0.15) is 20.7 Å². The van der Waals surface area contributed by atoms with Gasteiger partial charge in [0.15, 0.2) is 23.2 Å². The summed E-state index contributed by atoms with van der Waals surface area (Å²) >= 11 is 0. The number of carboxylic acids is 2. The van der Waals surface area contributed by atoms with E-state index < -0.39 is 82.1 Å². The van der Waals surface area contributed by atoms with Crippen LogP contribution in [0.2, 0.25) is 0 Å². The minimum absolute atomic E-state index is 2.55. The van der Waals surface area contributed by atoms with Gasteiger partial charge in [0.25, 0.3) is 0 Å². The second-order valence-corrected chi connectivity index (χ2v) is 5.54. The van der Waals surface area contributed by atoms with Crippen molar-refractivity contribution in [3.8, 4) is 5.75 Å². The fourth-order valence-electron chi connectivity index (χ4n) is 1.90. The zero-order chi connectivity index (χ0) is 26.5. The Labute approximate surface area is 169 Å². The summed E-state index contributed by atoms with van der Waals surface area (Å²) in [6.07, 6.45) is -7.46. The average molecular weight is 516 g/mol. The van der Waals surface area contributed by atoms with Gasteiger partial charge in [-0.05, 0) is 0 Å². The first-order valence-corrected chi connectivity index (χ1v) is 7.16. The molecule has 19 heteroatoms. The van der Waals surface area contributed by atoms with Crippen LogP contribution < -0.4 is 4.74 Å². The Morgan fingerprint density at radius 1 is 0.667 bits per heavy atom. The molecule has 0 aliphatic heterocycles. The molecule has 0 saturated heterocycles. The molecular formula is C14H2F14O5. The molecule has 1 rings (SSSR count). The van der Waals surface area contributed by atoms with E-state index in [1.807, 2.05) is 0 Å². The van der Waals surface area contributed by atoms with Crippen LogP contribution >= 0.6 is 0 Å². The molecule has 0 unspecified atom stereocenters. The van der Waals surface area contributed by atoms with Gasteiger partial charge in [0.2, 0.25) is 5.83 Å². The molecule has 0 spiro atoms. The van der Waals surface area contributed by atoms with Gasteiger partial charge in [-0.15, -0.1) is 0 Å². The molecule has 0 bridgehead atoms. The zero-order valence-electron chi connectivity index (χ0n) is 14.4. The second-order valence-electron chi connectivity index (χ2n) is 5.54. The number of hydrogen-bond donors (Lipinski definition) is 2. The Morgan fingerprint density at radius 2 is 1.03 bits per heavy atom. The number of hydrogen-bond acceptors (Lipinski definition) is 3. The normalized spacial score (nSPS) is 14.1. The number of benzene rings is 1. The van der Waals surface area contributed by atoms with E-state index in [1.165, 1.54) is 0 Å². The lowest BCUT2D eigenvalue weighted by Crippen LogP contribution is -2.61. The van der Waals surface area contributed by atoms with Gasteiger partial charge < -0.3 is 14.9 Å². The van der Waals surface area contributed by atoms with Gasteiger partial charge in [0.1, 0.15) is 11.1 Å². The molecule has 0 atom stereocenters. The monoisotopic (exact) mass is 516 g/mol. The highest BCUT2D eigenvalue weighted by atomic mass is 19.4. The highest BCUT2D eigenvalue weighted by Gasteiger charge is 2.83. The van der Waals surface area contributed by atoms with Gasteiger partial charge in [-0.1, -0.05) is 0 Å². The van der Waals surface area contributed by atoms with Crippen LogP contribution in [0.25, 0.3) is 0 Å². The third kappa shape index (κ3) is 4.22. The third-order valence-corrected chi connectivity index (χ3v) is 3.49. The van der Waals surface area contributed by atoms with Crippen LogP contribution in [0.4, 0.5) is 61.5 Å². The highest BCUT2D eigenvalue weighted by molar-refractivity contribution is 5.99. The molecule has 33 heavy (non-hydrogen) atoms. The van der Waals surface area contributed by atoms with Crippen molar-refractivity contribution in [1.82, 2.24) is 0 Å². The van der Waals surface area contributed by atoms with Crippen molar-refractivity contribution < 1.29 is 86.0 Å². The Kier molecular flexibility index (Phi) is 6.94. The maximum absolute atomic E-state index is 13.7. The standard InChI is InChI=1S/C14H2F14O5/c15-3-1(9(29)30)6(2(10(31)32)4(16)5(3)17)33-8(19)7(18)11(20,21)12(22,23)13(24,25)14(26,27)28/h(H,29,30)(H,31,32). The van der Waals surface area contributed by atoms with E-state index in [0.29, 0.717) is 0 Å². The molecule has 186 valence electrons.